The van der Waals surface area contributed by atoms with Crippen LogP contribution in [0.3, 0.4) is 0 Å². The Labute approximate surface area is 161 Å². The Morgan fingerprint density at radius 1 is 1.36 bits per heavy atom. The summed E-state index contributed by atoms with van der Waals surface area (Å²) in [7, 11) is 1.53. The summed E-state index contributed by atoms with van der Waals surface area (Å²) in [5, 5.41) is 13.4. The number of nitrogens with one attached hydrogen (secondary N) is 1. The zero-order valence-electron chi connectivity index (χ0n) is 15.7. The predicted molar refractivity (Wildman–Crippen MR) is 93.6 cm³/mol. The Morgan fingerprint density at radius 3 is 2.75 bits per heavy atom. The number of rotatable bonds is 7. The number of ketones is 2. The molecule has 3 aliphatic heterocycles. The number of primary amides is 1. The fourth-order valence-electron chi connectivity index (χ4n) is 4.70. The van der Waals surface area contributed by atoms with E-state index in [1.165, 1.54) is 7.11 Å². The molecule has 0 bridgehead atoms. The standard InChI is InChI=1S/C18H23N3O7/c1-8-13(23)12-11(14(24)15(8)27-4-3-5-28-17(19)25)9(7-22)18(26-2)16-10(20-16)6-21(12)18/h9-10,16,20,22H,3-7H2,1-2H3,(H2,19,25). The third-order valence-corrected chi connectivity index (χ3v) is 5.94. The van der Waals surface area contributed by atoms with Crippen molar-refractivity contribution in [2.45, 2.75) is 31.2 Å². The van der Waals surface area contributed by atoms with Crippen LogP contribution in [0.2, 0.25) is 0 Å². The number of nitrogens with two attached hydrogens (primary N) is 1. The highest BCUT2D eigenvalue weighted by Crippen LogP contribution is 2.55. The molecule has 1 amide bonds. The lowest BCUT2D eigenvalue weighted by Crippen LogP contribution is -2.54. The van der Waals surface area contributed by atoms with Crippen LogP contribution in [0.4, 0.5) is 4.79 Å². The second kappa shape index (κ2) is 6.57. The zero-order chi connectivity index (χ0) is 20.2. The van der Waals surface area contributed by atoms with Crippen LogP contribution in [-0.2, 0) is 23.8 Å². The summed E-state index contributed by atoms with van der Waals surface area (Å²) in [5.41, 5.74) is 4.72. The number of amides is 1. The second-order valence-corrected chi connectivity index (χ2v) is 7.30. The Kier molecular flexibility index (Phi) is 4.44. The molecule has 0 aromatic heterocycles. The zero-order valence-corrected chi connectivity index (χ0v) is 15.7. The highest BCUT2D eigenvalue weighted by Gasteiger charge is 2.72. The van der Waals surface area contributed by atoms with Gasteiger partial charge < -0.3 is 35.3 Å². The number of hydrogen-bond donors (Lipinski definition) is 3. The van der Waals surface area contributed by atoms with Gasteiger partial charge in [-0.05, 0) is 6.92 Å². The van der Waals surface area contributed by atoms with Crippen molar-refractivity contribution in [2.75, 3.05) is 33.5 Å². The highest BCUT2D eigenvalue weighted by atomic mass is 16.5. The summed E-state index contributed by atoms with van der Waals surface area (Å²) < 4.78 is 16.0. The molecule has 0 spiro atoms. The van der Waals surface area contributed by atoms with Gasteiger partial charge in [0.25, 0.3) is 0 Å². The lowest BCUT2D eigenvalue weighted by Gasteiger charge is -2.39. The van der Waals surface area contributed by atoms with Gasteiger partial charge in [-0.1, -0.05) is 0 Å². The second-order valence-electron chi connectivity index (χ2n) is 7.30. The van der Waals surface area contributed by atoms with Crippen LogP contribution in [0.25, 0.3) is 0 Å². The molecule has 2 saturated heterocycles. The van der Waals surface area contributed by atoms with E-state index in [0.717, 1.165) is 0 Å². The highest BCUT2D eigenvalue weighted by molar-refractivity contribution is 6.25. The average Bonchev–Trinajstić information content (AvgIpc) is 3.27. The number of carbonyl (C=O) groups is 3. The van der Waals surface area contributed by atoms with E-state index in [9.17, 15) is 19.5 Å². The number of ether oxygens (including phenoxy) is 3. The number of hydrogen-bond acceptors (Lipinski definition) is 9. The Morgan fingerprint density at radius 2 is 2.11 bits per heavy atom. The van der Waals surface area contributed by atoms with Gasteiger partial charge in [-0.2, -0.15) is 0 Å². The van der Waals surface area contributed by atoms with Gasteiger partial charge in [0.2, 0.25) is 11.6 Å². The lowest BCUT2D eigenvalue weighted by atomic mass is 9.83. The number of piperazine rings is 1. The first-order valence-corrected chi connectivity index (χ1v) is 9.17. The minimum absolute atomic E-state index is 0.0333. The summed E-state index contributed by atoms with van der Waals surface area (Å²) in [5.74, 6) is -1.39. The van der Waals surface area contributed by atoms with Crippen LogP contribution in [0.5, 0.6) is 0 Å². The molecule has 0 radical (unpaired) electrons. The molecule has 2 fully saturated rings. The smallest absolute Gasteiger partial charge is 0.404 e. The Hall–Kier alpha value is -2.43. The summed E-state index contributed by atoms with van der Waals surface area (Å²) in [6.07, 6.45) is -0.568. The van der Waals surface area contributed by atoms with Gasteiger partial charge in [-0.3, -0.25) is 9.59 Å². The molecule has 0 saturated carbocycles. The number of carbonyl (C=O) groups excluding carboxylic acids is 3. The van der Waals surface area contributed by atoms with Gasteiger partial charge in [0.15, 0.2) is 11.5 Å². The number of Topliss-reactive ketones (excluding diaryl/α,β-unsaturated/α-hetero) is 2. The minimum Gasteiger partial charge on any atom is -0.489 e. The molecule has 4 aliphatic rings. The number of methoxy groups -OCH3 is 1. The van der Waals surface area contributed by atoms with Gasteiger partial charge in [0.05, 0.1) is 37.5 Å². The summed E-state index contributed by atoms with van der Waals surface area (Å²) in [6, 6.07) is 0.134. The van der Waals surface area contributed by atoms with E-state index in [1.54, 1.807) is 6.92 Å². The van der Waals surface area contributed by atoms with Crippen molar-refractivity contribution in [3.05, 3.63) is 22.6 Å². The maximum atomic E-state index is 13.2. The monoisotopic (exact) mass is 393 g/mol. The molecule has 3 heterocycles. The van der Waals surface area contributed by atoms with E-state index < -0.39 is 23.5 Å². The van der Waals surface area contributed by atoms with E-state index in [4.69, 9.17) is 15.2 Å². The molecular weight excluding hydrogens is 370 g/mol. The third kappa shape index (κ3) is 2.41. The third-order valence-electron chi connectivity index (χ3n) is 5.94. The van der Waals surface area contributed by atoms with Crippen LogP contribution in [0.1, 0.15) is 13.3 Å². The molecule has 10 nitrogen and oxygen atoms in total. The van der Waals surface area contributed by atoms with E-state index >= 15 is 0 Å². The van der Waals surface area contributed by atoms with E-state index in [0.29, 0.717) is 18.7 Å². The van der Waals surface area contributed by atoms with E-state index in [1.807, 2.05) is 4.90 Å². The van der Waals surface area contributed by atoms with Crippen molar-refractivity contribution < 1.29 is 33.7 Å². The van der Waals surface area contributed by atoms with Gasteiger partial charge in [-0.25, -0.2) is 4.79 Å². The summed E-state index contributed by atoms with van der Waals surface area (Å²) in [6.45, 7) is 1.89. The normalized spacial score (nSPS) is 33.1. The van der Waals surface area contributed by atoms with Crippen molar-refractivity contribution in [1.82, 2.24) is 10.2 Å². The number of allylic oxidation sites excluding steroid dienone is 2. The molecule has 152 valence electrons. The molecular formula is C18H23N3O7. The fourth-order valence-corrected chi connectivity index (χ4v) is 4.70. The first kappa shape index (κ1) is 18.9. The quantitative estimate of drug-likeness (QED) is 0.275. The number of aliphatic hydroxyl groups is 1. The number of fused-ring (bicyclic) bond motifs is 4. The average molecular weight is 393 g/mol. The van der Waals surface area contributed by atoms with Crippen molar-refractivity contribution in [3.63, 3.8) is 0 Å². The largest absolute Gasteiger partial charge is 0.489 e. The van der Waals surface area contributed by atoms with Crippen LogP contribution in [-0.4, -0.2) is 79.0 Å². The summed E-state index contributed by atoms with van der Waals surface area (Å²) in [4.78, 5) is 38.7. The maximum Gasteiger partial charge on any atom is 0.404 e. The lowest BCUT2D eigenvalue weighted by molar-refractivity contribution is -0.137. The van der Waals surface area contributed by atoms with Crippen molar-refractivity contribution in [2.24, 2.45) is 11.7 Å². The van der Waals surface area contributed by atoms with Gasteiger partial charge >= 0.3 is 6.09 Å². The van der Waals surface area contributed by atoms with Crippen LogP contribution in [0, 0.1) is 5.92 Å². The molecule has 4 unspecified atom stereocenters. The van der Waals surface area contributed by atoms with Crippen LogP contribution >= 0.6 is 0 Å². The first-order chi connectivity index (χ1) is 13.4. The molecule has 4 N–H and O–H groups in total. The Balaban J connectivity index is 1.58. The summed E-state index contributed by atoms with van der Waals surface area (Å²) >= 11 is 0. The van der Waals surface area contributed by atoms with Crippen LogP contribution < -0.4 is 11.1 Å². The molecule has 1 aliphatic carbocycles. The van der Waals surface area contributed by atoms with Crippen molar-refractivity contribution in [1.29, 1.82) is 0 Å². The fraction of sp³-hybridized carbons (Fsp3) is 0.611. The van der Waals surface area contributed by atoms with Crippen molar-refractivity contribution >= 4 is 17.7 Å². The molecule has 28 heavy (non-hydrogen) atoms. The minimum atomic E-state index is -0.944. The van der Waals surface area contributed by atoms with Gasteiger partial charge in [0, 0.05) is 37.3 Å². The first-order valence-electron chi connectivity index (χ1n) is 9.17. The molecule has 4 atom stereocenters. The van der Waals surface area contributed by atoms with Gasteiger partial charge in [-0.15, -0.1) is 0 Å². The number of nitrogens with zero attached hydrogens (tertiary/aromatic N) is 1. The maximum absolute atomic E-state index is 13.2. The topological polar surface area (TPSA) is 150 Å². The molecule has 0 aromatic carbocycles. The van der Waals surface area contributed by atoms with Crippen LogP contribution in [0.15, 0.2) is 22.6 Å². The number of aliphatic hydroxyl groups excluding tert-OH is 1. The van der Waals surface area contributed by atoms with Gasteiger partial charge in [0.1, 0.15) is 0 Å². The van der Waals surface area contributed by atoms with Crippen molar-refractivity contribution in [3.8, 4) is 0 Å². The predicted octanol–water partition coefficient (Wildman–Crippen LogP) is -1.21. The molecule has 4 rings (SSSR count). The van der Waals surface area contributed by atoms with E-state index in [2.05, 4.69) is 10.1 Å². The Bertz CT molecular complexity index is 820. The molecule has 0 aromatic rings. The SMILES string of the molecule is COC12C(CO)C3=C(C(=O)C(C)=C(OCCCOC(N)=O)C3=O)N1CC1NC12. The van der Waals surface area contributed by atoms with E-state index in [-0.39, 0.29) is 54.6 Å². The molecule has 10 heteroatoms.